The van der Waals surface area contributed by atoms with Crippen LogP contribution in [0.25, 0.3) is 0 Å². The van der Waals surface area contributed by atoms with Crippen molar-refractivity contribution in [3.63, 3.8) is 0 Å². The fraction of sp³-hybridized carbons (Fsp3) is 0.200. The lowest BCUT2D eigenvalue weighted by atomic mass is 10.2. The SMILES string of the molecule is Cc1cc(OCc2ncon2)ccc1Br. The lowest BCUT2D eigenvalue weighted by Crippen LogP contribution is -1.97. The Kier molecular flexibility index (Phi) is 3.01. The first-order valence-corrected chi connectivity index (χ1v) is 5.19. The van der Waals surface area contributed by atoms with E-state index < -0.39 is 0 Å². The normalized spacial score (nSPS) is 10.3. The lowest BCUT2D eigenvalue weighted by molar-refractivity contribution is 0.286. The van der Waals surface area contributed by atoms with Gasteiger partial charge in [0.1, 0.15) is 5.75 Å². The first-order chi connectivity index (χ1) is 7.25. The van der Waals surface area contributed by atoms with Gasteiger partial charge in [-0.25, -0.2) is 0 Å². The number of aromatic nitrogens is 2. The van der Waals surface area contributed by atoms with Gasteiger partial charge in [-0.2, -0.15) is 4.98 Å². The Balaban J connectivity index is 2.02. The molecule has 0 atom stereocenters. The van der Waals surface area contributed by atoms with Gasteiger partial charge in [-0.1, -0.05) is 21.1 Å². The second kappa shape index (κ2) is 4.44. The Hall–Kier alpha value is -1.36. The minimum atomic E-state index is 0.317. The molecular formula is C10H9BrN2O2. The summed E-state index contributed by atoms with van der Waals surface area (Å²) in [6.45, 7) is 2.32. The van der Waals surface area contributed by atoms with Crippen LogP contribution in [-0.4, -0.2) is 10.1 Å². The van der Waals surface area contributed by atoms with Crippen LogP contribution >= 0.6 is 15.9 Å². The van der Waals surface area contributed by atoms with Crippen molar-refractivity contribution in [2.75, 3.05) is 0 Å². The molecule has 0 fully saturated rings. The standard InChI is InChI=1S/C10H9BrN2O2/c1-7-4-8(2-3-9(7)11)14-5-10-12-6-15-13-10/h2-4,6H,5H2,1H3. The number of nitrogens with zero attached hydrogens (tertiary/aromatic N) is 2. The van der Waals surface area contributed by atoms with Crippen molar-refractivity contribution >= 4 is 15.9 Å². The quantitative estimate of drug-likeness (QED) is 0.859. The monoisotopic (exact) mass is 268 g/mol. The highest BCUT2D eigenvalue weighted by atomic mass is 79.9. The molecule has 0 spiro atoms. The van der Waals surface area contributed by atoms with Crippen molar-refractivity contribution in [3.05, 3.63) is 40.5 Å². The maximum atomic E-state index is 5.48. The van der Waals surface area contributed by atoms with Crippen LogP contribution in [0, 0.1) is 6.92 Å². The Morgan fingerprint density at radius 3 is 3.00 bits per heavy atom. The molecule has 1 aromatic heterocycles. The van der Waals surface area contributed by atoms with Crippen molar-refractivity contribution in [2.24, 2.45) is 0 Å². The average molecular weight is 269 g/mol. The van der Waals surface area contributed by atoms with E-state index in [4.69, 9.17) is 4.74 Å². The van der Waals surface area contributed by atoms with Gasteiger partial charge in [0.25, 0.3) is 0 Å². The molecule has 0 bridgehead atoms. The van der Waals surface area contributed by atoms with E-state index in [9.17, 15) is 0 Å². The molecule has 5 heteroatoms. The number of hydrogen-bond acceptors (Lipinski definition) is 4. The highest BCUT2D eigenvalue weighted by molar-refractivity contribution is 9.10. The summed E-state index contributed by atoms with van der Waals surface area (Å²) in [6.07, 6.45) is 1.28. The van der Waals surface area contributed by atoms with Gasteiger partial charge in [0.05, 0.1) is 0 Å². The summed E-state index contributed by atoms with van der Waals surface area (Å²) in [5.74, 6) is 1.33. The molecule has 0 aliphatic carbocycles. The van der Waals surface area contributed by atoms with Crippen LogP contribution in [0.3, 0.4) is 0 Å². The van der Waals surface area contributed by atoms with Crippen LogP contribution < -0.4 is 4.74 Å². The van der Waals surface area contributed by atoms with E-state index in [0.29, 0.717) is 12.4 Å². The second-order valence-electron chi connectivity index (χ2n) is 3.05. The molecule has 0 aliphatic heterocycles. The minimum absolute atomic E-state index is 0.317. The first kappa shape index (κ1) is 10.2. The van der Waals surface area contributed by atoms with Crippen molar-refractivity contribution in [1.82, 2.24) is 10.1 Å². The molecule has 78 valence electrons. The third kappa shape index (κ3) is 2.56. The van der Waals surface area contributed by atoms with Crippen molar-refractivity contribution in [2.45, 2.75) is 13.5 Å². The molecule has 0 radical (unpaired) electrons. The van der Waals surface area contributed by atoms with E-state index in [1.54, 1.807) is 0 Å². The fourth-order valence-electron chi connectivity index (χ4n) is 1.11. The maximum Gasteiger partial charge on any atom is 0.213 e. The van der Waals surface area contributed by atoms with Gasteiger partial charge in [-0.3, -0.25) is 0 Å². The summed E-state index contributed by atoms with van der Waals surface area (Å²) in [4.78, 5) is 3.86. The van der Waals surface area contributed by atoms with Crippen LogP contribution in [-0.2, 0) is 6.61 Å². The average Bonchev–Trinajstić information content (AvgIpc) is 2.73. The number of aryl methyl sites for hydroxylation is 1. The van der Waals surface area contributed by atoms with E-state index in [1.807, 2.05) is 25.1 Å². The second-order valence-corrected chi connectivity index (χ2v) is 3.90. The predicted molar refractivity (Wildman–Crippen MR) is 57.5 cm³/mol. The largest absolute Gasteiger partial charge is 0.485 e. The Morgan fingerprint density at radius 2 is 2.33 bits per heavy atom. The number of benzene rings is 1. The zero-order valence-electron chi connectivity index (χ0n) is 8.11. The fourth-order valence-corrected chi connectivity index (χ4v) is 1.36. The highest BCUT2D eigenvalue weighted by Gasteiger charge is 2.01. The first-order valence-electron chi connectivity index (χ1n) is 4.40. The van der Waals surface area contributed by atoms with Gasteiger partial charge in [0.15, 0.2) is 6.61 Å². The third-order valence-electron chi connectivity index (χ3n) is 1.90. The topological polar surface area (TPSA) is 48.2 Å². The van der Waals surface area contributed by atoms with E-state index >= 15 is 0 Å². The molecular weight excluding hydrogens is 260 g/mol. The number of halogens is 1. The van der Waals surface area contributed by atoms with E-state index in [-0.39, 0.29) is 0 Å². The summed E-state index contributed by atoms with van der Waals surface area (Å²) in [7, 11) is 0. The molecule has 2 aromatic rings. The van der Waals surface area contributed by atoms with Crippen molar-refractivity contribution in [3.8, 4) is 5.75 Å². The van der Waals surface area contributed by atoms with Crippen LogP contribution in [0.5, 0.6) is 5.75 Å². The van der Waals surface area contributed by atoms with Gasteiger partial charge in [0.2, 0.25) is 12.2 Å². The third-order valence-corrected chi connectivity index (χ3v) is 2.79. The van der Waals surface area contributed by atoms with Gasteiger partial charge < -0.3 is 9.26 Å². The molecule has 4 nitrogen and oxygen atoms in total. The van der Waals surface area contributed by atoms with Gasteiger partial charge in [-0.15, -0.1) is 0 Å². The molecule has 0 saturated carbocycles. The zero-order valence-corrected chi connectivity index (χ0v) is 9.69. The van der Waals surface area contributed by atoms with Crippen LogP contribution in [0.2, 0.25) is 0 Å². The molecule has 1 heterocycles. The minimum Gasteiger partial charge on any atom is -0.485 e. The smallest absolute Gasteiger partial charge is 0.213 e. The summed E-state index contributed by atoms with van der Waals surface area (Å²) in [5, 5.41) is 3.65. The molecule has 0 aliphatic rings. The summed E-state index contributed by atoms with van der Waals surface area (Å²) in [5.41, 5.74) is 1.13. The lowest BCUT2D eigenvalue weighted by Gasteiger charge is -2.05. The van der Waals surface area contributed by atoms with Gasteiger partial charge in [-0.05, 0) is 30.7 Å². The summed E-state index contributed by atoms with van der Waals surface area (Å²) in [6, 6.07) is 5.78. The van der Waals surface area contributed by atoms with Crippen molar-refractivity contribution in [1.29, 1.82) is 0 Å². The molecule has 0 N–H and O–H groups in total. The number of ether oxygens (including phenoxy) is 1. The maximum absolute atomic E-state index is 5.48. The number of hydrogen-bond donors (Lipinski definition) is 0. The molecule has 2 rings (SSSR count). The molecule has 0 amide bonds. The van der Waals surface area contributed by atoms with Crippen molar-refractivity contribution < 1.29 is 9.26 Å². The van der Waals surface area contributed by atoms with Gasteiger partial charge >= 0.3 is 0 Å². The Labute approximate surface area is 95.4 Å². The Bertz CT molecular complexity index is 443. The van der Waals surface area contributed by atoms with Crippen LogP contribution in [0.4, 0.5) is 0 Å². The highest BCUT2D eigenvalue weighted by Crippen LogP contribution is 2.21. The Morgan fingerprint density at radius 1 is 1.47 bits per heavy atom. The van der Waals surface area contributed by atoms with E-state index in [1.165, 1.54) is 6.39 Å². The number of rotatable bonds is 3. The molecule has 1 aromatic carbocycles. The molecule has 0 unspecified atom stereocenters. The van der Waals surface area contributed by atoms with E-state index in [2.05, 4.69) is 30.6 Å². The van der Waals surface area contributed by atoms with Crippen LogP contribution in [0.1, 0.15) is 11.4 Å². The molecule has 15 heavy (non-hydrogen) atoms. The van der Waals surface area contributed by atoms with E-state index in [0.717, 1.165) is 15.8 Å². The summed E-state index contributed by atoms with van der Waals surface area (Å²) >= 11 is 3.42. The molecule has 0 saturated heterocycles. The van der Waals surface area contributed by atoms with Crippen LogP contribution in [0.15, 0.2) is 33.6 Å². The zero-order chi connectivity index (χ0) is 10.7. The van der Waals surface area contributed by atoms with Gasteiger partial charge in [0, 0.05) is 4.47 Å². The predicted octanol–water partition coefficient (Wildman–Crippen LogP) is 2.72. The summed E-state index contributed by atoms with van der Waals surface area (Å²) < 4.78 is 11.1.